The molecule has 2 rings (SSSR count). The van der Waals surface area contributed by atoms with E-state index in [1.807, 2.05) is 12.1 Å². The van der Waals surface area contributed by atoms with Gasteiger partial charge in [-0.05, 0) is 36.2 Å². The Labute approximate surface area is 149 Å². The second-order valence-corrected chi connectivity index (χ2v) is 6.56. The summed E-state index contributed by atoms with van der Waals surface area (Å²) in [7, 11) is 0. The maximum atomic E-state index is 6.19. The van der Waals surface area contributed by atoms with Gasteiger partial charge in [-0.3, -0.25) is 0 Å². The molecule has 0 saturated heterocycles. The van der Waals surface area contributed by atoms with Gasteiger partial charge in [0.1, 0.15) is 0 Å². The van der Waals surface area contributed by atoms with E-state index in [4.69, 9.17) is 58.0 Å². The quantitative estimate of drug-likeness (QED) is 0.538. The molecule has 0 bridgehead atoms. The maximum absolute atomic E-state index is 6.19. The van der Waals surface area contributed by atoms with E-state index in [1.165, 1.54) is 0 Å². The molecule has 0 aromatic heterocycles. The van der Waals surface area contributed by atoms with Crippen LogP contribution in [0.2, 0.25) is 25.1 Å². The van der Waals surface area contributed by atoms with Crippen molar-refractivity contribution < 1.29 is 0 Å². The third-order valence-corrected chi connectivity index (χ3v) is 4.87. The van der Waals surface area contributed by atoms with Crippen LogP contribution in [0.5, 0.6) is 0 Å². The number of anilines is 1. The van der Waals surface area contributed by atoms with Gasteiger partial charge in [0.2, 0.25) is 0 Å². The Bertz CT molecular complexity index is 657. The van der Waals surface area contributed by atoms with E-state index in [-0.39, 0.29) is 6.04 Å². The second-order valence-electron chi connectivity index (χ2n) is 4.52. The first-order valence-electron chi connectivity index (χ1n) is 6.28. The SMILES string of the molecule is CCC(Nc1cc(Cl)c(Cl)cc1Cl)c1ccc(Cl)c(Cl)c1. The highest BCUT2D eigenvalue weighted by Crippen LogP contribution is 2.35. The van der Waals surface area contributed by atoms with E-state index in [0.717, 1.165) is 17.7 Å². The fraction of sp³-hybridized carbons (Fsp3) is 0.200. The summed E-state index contributed by atoms with van der Waals surface area (Å²) in [5.41, 5.74) is 1.75. The van der Waals surface area contributed by atoms with Crippen LogP contribution in [0.15, 0.2) is 30.3 Å². The molecule has 0 saturated carbocycles. The molecule has 2 aromatic carbocycles. The van der Waals surface area contributed by atoms with Crippen LogP contribution in [0.3, 0.4) is 0 Å². The minimum Gasteiger partial charge on any atom is -0.377 e. The summed E-state index contributed by atoms with van der Waals surface area (Å²) in [6.07, 6.45) is 0.842. The van der Waals surface area contributed by atoms with Gasteiger partial charge in [0.25, 0.3) is 0 Å². The van der Waals surface area contributed by atoms with Crippen molar-refractivity contribution in [2.75, 3.05) is 5.32 Å². The van der Waals surface area contributed by atoms with Crippen LogP contribution < -0.4 is 5.32 Å². The Morgan fingerprint density at radius 2 is 1.43 bits per heavy atom. The minimum absolute atomic E-state index is 0.0366. The molecule has 6 heteroatoms. The summed E-state index contributed by atoms with van der Waals surface area (Å²) in [6, 6.07) is 8.92. The van der Waals surface area contributed by atoms with Gasteiger partial charge >= 0.3 is 0 Å². The normalized spacial score (nSPS) is 12.3. The Balaban J connectivity index is 2.31. The van der Waals surface area contributed by atoms with Crippen molar-refractivity contribution in [2.45, 2.75) is 19.4 Å². The predicted octanol–water partition coefficient (Wildman–Crippen LogP) is 7.52. The lowest BCUT2D eigenvalue weighted by atomic mass is 10.0. The van der Waals surface area contributed by atoms with Gasteiger partial charge < -0.3 is 5.32 Å². The molecule has 0 heterocycles. The number of hydrogen-bond donors (Lipinski definition) is 1. The molecular weight excluding hydrogens is 371 g/mol. The third-order valence-electron chi connectivity index (χ3n) is 3.09. The Hall–Kier alpha value is -0.310. The fourth-order valence-corrected chi connectivity index (χ4v) is 2.88. The highest BCUT2D eigenvalue weighted by Gasteiger charge is 2.14. The second kappa shape index (κ2) is 7.30. The summed E-state index contributed by atoms with van der Waals surface area (Å²) in [5.74, 6) is 0. The van der Waals surface area contributed by atoms with Crippen LogP contribution in [0, 0.1) is 0 Å². The molecule has 1 atom stereocenters. The average molecular weight is 384 g/mol. The van der Waals surface area contributed by atoms with Crippen molar-refractivity contribution in [2.24, 2.45) is 0 Å². The average Bonchev–Trinajstić information content (AvgIpc) is 2.44. The van der Waals surface area contributed by atoms with Crippen LogP contribution >= 0.6 is 58.0 Å². The predicted molar refractivity (Wildman–Crippen MR) is 94.6 cm³/mol. The monoisotopic (exact) mass is 381 g/mol. The molecule has 0 spiro atoms. The topological polar surface area (TPSA) is 12.0 Å². The summed E-state index contributed by atoms with van der Waals surface area (Å²) < 4.78 is 0. The Kier molecular flexibility index (Phi) is 5.93. The van der Waals surface area contributed by atoms with Crippen molar-refractivity contribution >= 4 is 63.7 Å². The smallest absolute Gasteiger partial charge is 0.0653 e. The standard InChI is InChI=1S/C15H12Cl5N/c1-2-14(8-3-4-9(16)10(17)5-8)21-15-7-12(19)11(18)6-13(15)20/h3-7,14,21H,2H2,1H3. The molecule has 0 aliphatic rings. The zero-order valence-electron chi connectivity index (χ0n) is 11.1. The molecule has 0 aliphatic heterocycles. The Morgan fingerprint density at radius 3 is 2.05 bits per heavy atom. The zero-order valence-corrected chi connectivity index (χ0v) is 14.8. The lowest BCUT2D eigenvalue weighted by Gasteiger charge is -2.20. The maximum Gasteiger partial charge on any atom is 0.0653 e. The van der Waals surface area contributed by atoms with Crippen molar-refractivity contribution in [1.29, 1.82) is 0 Å². The molecule has 2 aromatic rings. The third kappa shape index (κ3) is 4.12. The van der Waals surface area contributed by atoms with Crippen molar-refractivity contribution in [3.8, 4) is 0 Å². The van der Waals surface area contributed by atoms with Crippen LogP contribution in [0.25, 0.3) is 0 Å². The molecule has 0 amide bonds. The highest BCUT2D eigenvalue weighted by atomic mass is 35.5. The first-order chi connectivity index (χ1) is 9.92. The molecule has 1 unspecified atom stereocenters. The van der Waals surface area contributed by atoms with Gasteiger partial charge in [0.15, 0.2) is 0 Å². The van der Waals surface area contributed by atoms with E-state index in [2.05, 4.69) is 12.2 Å². The van der Waals surface area contributed by atoms with E-state index < -0.39 is 0 Å². The van der Waals surface area contributed by atoms with Gasteiger partial charge in [0, 0.05) is 0 Å². The first-order valence-corrected chi connectivity index (χ1v) is 8.17. The molecule has 112 valence electrons. The lowest BCUT2D eigenvalue weighted by Crippen LogP contribution is -2.10. The number of benzene rings is 2. The summed E-state index contributed by atoms with van der Waals surface area (Å²) in [6.45, 7) is 2.06. The largest absolute Gasteiger partial charge is 0.377 e. The lowest BCUT2D eigenvalue weighted by molar-refractivity contribution is 0.749. The van der Waals surface area contributed by atoms with E-state index in [1.54, 1.807) is 18.2 Å². The molecule has 1 N–H and O–H groups in total. The number of rotatable bonds is 4. The Morgan fingerprint density at radius 1 is 0.810 bits per heavy atom. The van der Waals surface area contributed by atoms with Crippen molar-refractivity contribution in [1.82, 2.24) is 0 Å². The molecule has 0 radical (unpaired) electrons. The van der Waals surface area contributed by atoms with Crippen molar-refractivity contribution in [3.63, 3.8) is 0 Å². The van der Waals surface area contributed by atoms with Crippen LogP contribution in [0.4, 0.5) is 5.69 Å². The summed E-state index contributed by atoms with van der Waals surface area (Å²) in [4.78, 5) is 0. The van der Waals surface area contributed by atoms with Crippen LogP contribution in [-0.2, 0) is 0 Å². The molecule has 0 aliphatic carbocycles. The van der Waals surface area contributed by atoms with Crippen LogP contribution in [0.1, 0.15) is 24.9 Å². The number of halogens is 5. The van der Waals surface area contributed by atoms with E-state index in [9.17, 15) is 0 Å². The molecule has 1 nitrogen and oxygen atoms in total. The van der Waals surface area contributed by atoms with Gasteiger partial charge in [-0.25, -0.2) is 0 Å². The molecule has 21 heavy (non-hydrogen) atoms. The van der Waals surface area contributed by atoms with E-state index >= 15 is 0 Å². The van der Waals surface area contributed by atoms with E-state index in [0.29, 0.717) is 25.1 Å². The highest BCUT2D eigenvalue weighted by molar-refractivity contribution is 6.44. The molecular formula is C15H12Cl5N. The number of nitrogens with one attached hydrogen (secondary N) is 1. The van der Waals surface area contributed by atoms with Crippen molar-refractivity contribution in [3.05, 3.63) is 61.0 Å². The summed E-state index contributed by atoms with van der Waals surface area (Å²) in [5, 5.41) is 5.80. The molecule has 0 fully saturated rings. The van der Waals surface area contributed by atoms with Crippen LogP contribution in [-0.4, -0.2) is 0 Å². The first kappa shape index (κ1) is 17.1. The van der Waals surface area contributed by atoms with Gasteiger partial charge in [-0.1, -0.05) is 71.0 Å². The van der Waals surface area contributed by atoms with Gasteiger partial charge in [-0.15, -0.1) is 0 Å². The minimum atomic E-state index is 0.0366. The zero-order chi connectivity index (χ0) is 15.6. The number of hydrogen-bond acceptors (Lipinski definition) is 1. The summed E-state index contributed by atoms with van der Waals surface area (Å²) >= 11 is 30.2. The fourth-order valence-electron chi connectivity index (χ4n) is 1.97. The van der Waals surface area contributed by atoms with Gasteiger partial charge in [-0.2, -0.15) is 0 Å². The van der Waals surface area contributed by atoms with Gasteiger partial charge in [0.05, 0.1) is 36.8 Å².